The SMILES string of the molecule is COc1ccc2[nH]c(SCc3ncc(CO)c(OC)c3C)nc2n1. The molecule has 0 unspecified atom stereocenters. The summed E-state index contributed by atoms with van der Waals surface area (Å²) >= 11 is 1.53. The normalized spacial score (nSPS) is 11.0. The van der Waals surface area contributed by atoms with Crippen molar-refractivity contribution < 1.29 is 14.6 Å². The first-order chi connectivity index (χ1) is 11.7. The Morgan fingerprint density at radius 2 is 2.04 bits per heavy atom. The van der Waals surface area contributed by atoms with Gasteiger partial charge in [0.15, 0.2) is 10.8 Å². The summed E-state index contributed by atoms with van der Waals surface area (Å²) in [6.45, 7) is 1.84. The fourth-order valence-corrected chi connectivity index (χ4v) is 3.30. The van der Waals surface area contributed by atoms with Crippen LogP contribution >= 0.6 is 11.8 Å². The van der Waals surface area contributed by atoms with Crippen LogP contribution in [0.1, 0.15) is 16.8 Å². The smallest absolute Gasteiger partial charge is 0.215 e. The monoisotopic (exact) mass is 346 g/mol. The van der Waals surface area contributed by atoms with E-state index in [1.807, 2.05) is 13.0 Å². The quantitative estimate of drug-likeness (QED) is 0.662. The van der Waals surface area contributed by atoms with Crippen LogP contribution < -0.4 is 9.47 Å². The minimum Gasteiger partial charge on any atom is -0.496 e. The highest BCUT2D eigenvalue weighted by atomic mass is 32.2. The number of aromatic nitrogens is 4. The van der Waals surface area contributed by atoms with E-state index in [1.54, 1.807) is 26.5 Å². The molecule has 0 aliphatic carbocycles. The molecule has 0 bridgehead atoms. The molecule has 8 heteroatoms. The number of aliphatic hydroxyl groups is 1. The highest BCUT2D eigenvalue weighted by Gasteiger charge is 2.13. The third-order valence-corrected chi connectivity index (χ3v) is 4.55. The van der Waals surface area contributed by atoms with E-state index in [1.165, 1.54) is 11.8 Å². The van der Waals surface area contributed by atoms with Gasteiger partial charge in [-0.25, -0.2) is 4.98 Å². The van der Waals surface area contributed by atoms with E-state index >= 15 is 0 Å². The second-order valence-electron chi connectivity index (χ2n) is 5.10. The molecule has 0 spiro atoms. The number of methoxy groups -OCH3 is 2. The number of nitrogens with zero attached hydrogens (tertiary/aromatic N) is 3. The van der Waals surface area contributed by atoms with Gasteiger partial charge >= 0.3 is 0 Å². The number of thioether (sulfide) groups is 1. The van der Waals surface area contributed by atoms with Crippen LogP contribution in [-0.4, -0.2) is 39.3 Å². The van der Waals surface area contributed by atoms with Gasteiger partial charge in [-0.05, 0) is 13.0 Å². The number of pyridine rings is 2. The molecule has 0 fully saturated rings. The van der Waals surface area contributed by atoms with Crippen molar-refractivity contribution in [3.63, 3.8) is 0 Å². The highest BCUT2D eigenvalue weighted by molar-refractivity contribution is 7.98. The van der Waals surface area contributed by atoms with Gasteiger partial charge in [0, 0.05) is 29.1 Å². The molecule has 24 heavy (non-hydrogen) atoms. The minimum absolute atomic E-state index is 0.0957. The number of aliphatic hydroxyl groups excluding tert-OH is 1. The first-order valence-corrected chi connectivity index (χ1v) is 8.30. The van der Waals surface area contributed by atoms with Crippen molar-refractivity contribution in [1.29, 1.82) is 0 Å². The van der Waals surface area contributed by atoms with Crippen molar-refractivity contribution in [2.75, 3.05) is 14.2 Å². The fraction of sp³-hybridized carbons (Fsp3) is 0.312. The molecule has 3 aromatic heterocycles. The fourth-order valence-electron chi connectivity index (χ4n) is 2.40. The van der Waals surface area contributed by atoms with Crippen molar-refractivity contribution in [1.82, 2.24) is 19.9 Å². The van der Waals surface area contributed by atoms with Crippen LogP contribution in [0.5, 0.6) is 11.6 Å². The number of hydrogen-bond donors (Lipinski definition) is 2. The third-order valence-electron chi connectivity index (χ3n) is 3.67. The van der Waals surface area contributed by atoms with E-state index < -0.39 is 0 Å². The molecule has 126 valence electrons. The Morgan fingerprint density at radius 3 is 2.75 bits per heavy atom. The second kappa shape index (κ2) is 7.06. The summed E-state index contributed by atoms with van der Waals surface area (Å²) in [6, 6.07) is 3.68. The van der Waals surface area contributed by atoms with Gasteiger partial charge in [-0.1, -0.05) is 11.8 Å². The topological polar surface area (TPSA) is 93.2 Å². The van der Waals surface area contributed by atoms with Gasteiger partial charge in [-0.15, -0.1) is 0 Å². The van der Waals surface area contributed by atoms with Gasteiger partial charge in [0.25, 0.3) is 0 Å². The van der Waals surface area contributed by atoms with Crippen LogP contribution in [0.25, 0.3) is 11.2 Å². The average Bonchev–Trinajstić information content (AvgIpc) is 3.02. The zero-order chi connectivity index (χ0) is 17.1. The summed E-state index contributed by atoms with van der Waals surface area (Å²) < 4.78 is 10.5. The molecule has 3 aromatic rings. The van der Waals surface area contributed by atoms with Crippen molar-refractivity contribution >= 4 is 22.9 Å². The Hall–Kier alpha value is -2.32. The van der Waals surface area contributed by atoms with Gasteiger partial charge in [0.2, 0.25) is 5.88 Å². The summed E-state index contributed by atoms with van der Waals surface area (Å²) in [6.07, 6.45) is 1.65. The Labute approximate surface area is 143 Å². The second-order valence-corrected chi connectivity index (χ2v) is 6.07. The van der Waals surface area contributed by atoms with Gasteiger partial charge < -0.3 is 19.6 Å². The van der Waals surface area contributed by atoms with Crippen molar-refractivity contribution in [2.24, 2.45) is 0 Å². The number of H-pyrrole nitrogens is 1. The molecular weight excluding hydrogens is 328 g/mol. The number of aromatic amines is 1. The van der Waals surface area contributed by atoms with Crippen LogP contribution in [0.3, 0.4) is 0 Å². The standard InChI is InChI=1S/C16H18N4O3S/c1-9-12(17-6-10(7-21)14(9)23-3)8-24-16-18-11-4-5-13(22-2)19-15(11)20-16/h4-6,21H,7-8H2,1-3H3,(H,18,19,20). The number of ether oxygens (including phenoxy) is 2. The van der Waals surface area contributed by atoms with E-state index in [2.05, 4.69) is 19.9 Å². The van der Waals surface area contributed by atoms with Crippen LogP contribution in [-0.2, 0) is 12.4 Å². The molecule has 0 radical (unpaired) electrons. The van der Waals surface area contributed by atoms with Gasteiger partial charge in [0.1, 0.15) is 5.75 Å². The average molecular weight is 346 g/mol. The Bertz CT molecular complexity index is 866. The van der Waals surface area contributed by atoms with Crippen LogP contribution in [0.15, 0.2) is 23.5 Å². The highest BCUT2D eigenvalue weighted by Crippen LogP contribution is 2.29. The number of nitrogens with one attached hydrogen (secondary N) is 1. The summed E-state index contributed by atoms with van der Waals surface area (Å²) in [7, 11) is 3.17. The predicted molar refractivity (Wildman–Crippen MR) is 91.5 cm³/mol. The summed E-state index contributed by atoms with van der Waals surface area (Å²) in [5, 5.41) is 10.1. The molecule has 3 heterocycles. The molecule has 0 aliphatic rings. The van der Waals surface area contributed by atoms with Crippen LogP contribution in [0.2, 0.25) is 0 Å². The van der Waals surface area contributed by atoms with E-state index in [4.69, 9.17) is 9.47 Å². The maximum Gasteiger partial charge on any atom is 0.215 e. The predicted octanol–water partition coefficient (Wildman–Crippen LogP) is 2.46. The lowest BCUT2D eigenvalue weighted by molar-refractivity contribution is 0.272. The van der Waals surface area contributed by atoms with Gasteiger partial charge in [-0.2, -0.15) is 4.98 Å². The van der Waals surface area contributed by atoms with Crippen molar-refractivity contribution in [3.8, 4) is 11.6 Å². The van der Waals surface area contributed by atoms with Gasteiger partial charge in [-0.3, -0.25) is 4.98 Å². The number of imidazole rings is 1. The third kappa shape index (κ3) is 3.15. The zero-order valence-corrected chi connectivity index (χ0v) is 14.5. The van der Waals surface area contributed by atoms with Gasteiger partial charge in [0.05, 0.1) is 32.0 Å². The molecule has 0 saturated carbocycles. The Kier molecular flexibility index (Phi) is 4.86. The van der Waals surface area contributed by atoms with Crippen LogP contribution in [0.4, 0.5) is 0 Å². The molecule has 0 atom stereocenters. The molecule has 0 aliphatic heterocycles. The molecule has 3 rings (SSSR count). The van der Waals surface area contributed by atoms with Crippen molar-refractivity contribution in [2.45, 2.75) is 24.4 Å². The molecule has 0 saturated heterocycles. The molecule has 0 aromatic carbocycles. The van der Waals surface area contributed by atoms with E-state index in [-0.39, 0.29) is 6.61 Å². The maximum absolute atomic E-state index is 9.34. The number of rotatable bonds is 6. The molecular formula is C16H18N4O3S. The molecule has 0 amide bonds. The first kappa shape index (κ1) is 16.5. The molecule has 7 nitrogen and oxygen atoms in total. The lowest BCUT2D eigenvalue weighted by Crippen LogP contribution is -2.01. The zero-order valence-electron chi connectivity index (χ0n) is 13.7. The van der Waals surface area contributed by atoms with E-state index in [9.17, 15) is 5.11 Å². The van der Waals surface area contributed by atoms with Crippen molar-refractivity contribution in [3.05, 3.63) is 35.2 Å². The first-order valence-electron chi connectivity index (χ1n) is 7.32. The number of fused-ring (bicyclic) bond motifs is 1. The van der Waals surface area contributed by atoms with Crippen LogP contribution in [0, 0.1) is 6.92 Å². The molecule has 2 N–H and O–H groups in total. The van der Waals surface area contributed by atoms with E-state index in [0.717, 1.165) is 21.9 Å². The lowest BCUT2D eigenvalue weighted by atomic mass is 10.1. The lowest BCUT2D eigenvalue weighted by Gasteiger charge is -2.12. The summed E-state index contributed by atoms with van der Waals surface area (Å²) in [4.78, 5) is 16.4. The van der Waals surface area contributed by atoms with E-state index in [0.29, 0.717) is 28.6 Å². The Morgan fingerprint density at radius 1 is 1.21 bits per heavy atom. The maximum atomic E-state index is 9.34. The Balaban J connectivity index is 1.80. The summed E-state index contributed by atoms with van der Waals surface area (Å²) in [5.41, 5.74) is 3.97. The largest absolute Gasteiger partial charge is 0.496 e. The number of hydrogen-bond acceptors (Lipinski definition) is 7. The summed E-state index contributed by atoms with van der Waals surface area (Å²) in [5.74, 6) is 1.84. The minimum atomic E-state index is -0.0957.